The molecule has 1 aromatic heterocycles. The van der Waals surface area contributed by atoms with E-state index in [1.807, 2.05) is 19.1 Å². The van der Waals surface area contributed by atoms with Gasteiger partial charge in [-0.05, 0) is 30.7 Å². The van der Waals surface area contributed by atoms with E-state index in [1.54, 1.807) is 24.5 Å². The fourth-order valence-corrected chi connectivity index (χ4v) is 1.57. The van der Waals surface area contributed by atoms with Gasteiger partial charge in [0.15, 0.2) is 0 Å². The molecule has 0 aliphatic heterocycles. The van der Waals surface area contributed by atoms with E-state index in [9.17, 15) is 5.11 Å². The van der Waals surface area contributed by atoms with Crippen LogP contribution in [0.4, 0.5) is 5.69 Å². The molecule has 0 unspecified atom stereocenters. The summed E-state index contributed by atoms with van der Waals surface area (Å²) >= 11 is 0. The summed E-state index contributed by atoms with van der Waals surface area (Å²) in [5.41, 5.74) is 1.87. The molecule has 18 heavy (non-hydrogen) atoms. The summed E-state index contributed by atoms with van der Waals surface area (Å²) in [7, 11) is 0. The number of nitrogens with zero attached hydrogens (tertiary/aromatic N) is 2. The van der Waals surface area contributed by atoms with Gasteiger partial charge in [-0.2, -0.15) is 10.2 Å². The van der Waals surface area contributed by atoms with Crippen molar-refractivity contribution in [2.24, 2.45) is 0 Å². The zero-order valence-corrected chi connectivity index (χ0v) is 10.1. The molecule has 2 rings (SSSR count). The zero-order valence-electron chi connectivity index (χ0n) is 10.1. The monoisotopic (exact) mass is 245 g/mol. The Morgan fingerprint density at radius 1 is 1.28 bits per heavy atom. The van der Waals surface area contributed by atoms with Crippen molar-refractivity contribution in [2.45, 2.75) is 6.92 Å². The van der Waals surface area contributed by atoms with Crippen LogP contribution >= 0.6 is 0 Å². The van der Waals surface area contributed by atoms with E-state index in [0.29, 0.717) is 18.9 Å². The third-order valence-electron chi connectivity index (χ3n) is 2.32. The Balaban J connectivity index is 1.78. The van der Waals surface area contributed by atoms with Gasteiger partial charge in [0.05, 0.1) is 18.1 Å². The molecule has 5 nitrogen and oxygen atoms in total. The summed E-state index contributed by atoms with van der Waals surface area (Å²) in [6.45, 7) is 3.07. The Hall–Kier alpha value is -2.30. The van der Waals surface area contributed by atoms with E-state index in [0.717, 1.165) is 11.3 Å². The summed E-state index contributed by atoms with van der Waals surface area (Å²) in [6.07, 6.45) is 3.28. The number of aryl methyl sites for hydroxylation is 1. The summed E-state index contributed by atoms with van der Waals surface area (Å²) in [5.74, 6) is 0.887. The predicted molar refractivity (Wildman–Crippen MR) is 68.9 cm³/mol. The van der Waals surface area contributed by atoms with Gasteiger partial charge in [0.2, 0.25) is 0 Å². The first-order valence-corrected chi connectivity index (χ1v) is 5.68. The quantitative estimate of drug-likeness (QED) is 0.788. The van der Waals surface area contributed by atoms with Crippen LogP contribution in [0.1, 0.15) is 5.56 Å². The first-order chi connectivity index (χ1) is 8.74. The molecule has 0 amide bonds. The average molecular weight is 245 g/mol. The van der Waals surface area contributed by atoms with Gasteiger partial charge in [0.25, 0.3) is 0 Å². The van der Waals surface area contributed by atoms with Crippen molar-refractivity contribution in [3.63, 3.8) is 0 Å². The third kappa shape index (κ3) is 3.62. The van der Waals surface area contributed by atoms with E-state index in [4.69, 9.17) is 4.74 Å². The maximum atomic E-state index is 9.42. The molecular formula is C13H15N3O2. The van der Waals surface area contributed by atoms with Gasteiger partial charge in [-0.3, -0.25) is 0 Å². The number of rotatable bonds is 5. The molecule has 2 aromatic rings. The maximum Gasteiger partial charge on any atom is 0.123 e. The Morgan fingerprint density at radius 2 is 2.17 bits per heavy atom. The first-order valence-electron chi connectivity index (χ1n) is 5.68. The number of aromatic nitrogens is 2. The van der Waals surface area contributed by atoms with Crippen LogP contribution in [0, 0.1) is 6.92 Å². The lowest BCUT2D eigenvalue weighted by molar-refractivity contribution is 0.330. The van der Waals surface area contributed by atoms with Crippen molar-refractivity contribution in [3.05, 3.63) is 42.2 Å². The minimum absolute atomic E-state index is 0.219. The molecule has 5 heteroatoms. The van der Waals surface area contributed by atoms with E-state index in [-0.39, 0.29) is 5.75 Å². The molecule has 2 N–H and O–H groups in total. The molecular weight excluding hydrogens is 230 g/mol. The standard InChI is InChI=1S/C13H15N3O2/c1-10-6-12(17)8-13(7-10)18-5-4-14-11-2-3-15-16-9-11/h2-3,6-9,17H,4-5H2,1H3,(H,14,15). The highest BCUT2D eigenvalue weighted by Gasteiger charge is 1.98. The number of phenols is 1. The smallest absolute Gasteiger partial charge is 0.123 e. The lowest BCUT2D eigenvalue weighted by Crippen LogP contribution is -2.11. The van der Waals surface area contributed by atoms with E-state index >= 15 is 0 Å². The molecule has 0 atom stereocenters. The third-order valence-corrected chi connectivity index (χ3v) is 2.32. The minimum Gasteiger partial charge on any atom is -0.508 e. The van der Waals surface area contributed by atoms with Crippen LogP contribution in [0.2, 0.25) is 0 Å². The summed E-state index contributed by atoms with van der Waals surface area (Å²) in [6, 6.07) is 7.01. The number of hydrogen-bond donors (Lipinski definition) is 2. The first kappa shape index (κ1) is 12.2. The van der Waals surface area contributed by atoms with Gasteiger partial charge in [0.1, 0.15) is 18.1 Å². The second-order valence-corrected chi connectivity index (χ2v) is 3.91. The van der Waals surface area contributed by atoms with Crippen LogP contribution in [0.15, 0.2) is 36.7 Å². The fourth-order valence-electron chi connectivity index (χ4n) is 1.57. The van der Waals surface area contributed by atoms with Gasteiger partial charge in [0, 0.05) is 12.6 Å². The SMILES string of the molecule is Cc1cc(O)cc(OCCNc2ccnnc2)c1. The van der Waals surface area contributed by atoms with Crippen molar-refractivity contribution in [1.82, 2.24) is 10.2 Å². The summed E-state index contributed by atoms with van der Waals surface area (Å²) in [4.78, 5) is 0. The van der Waals surface area contributed by atoms with Crippen molar-refractivity contribution in [1.29, 1.82) is 0 Å². The zero-order chi connectivity index (χ0) is 12.8. The average Bonchev–Trinajstić information content (AvgIpc) is 2.35. The predicted octanol–water partition coefficient (Wildman–Crippen LogP) is 1.98. The highest BCUT2D eigenvalue weighted by molar-refractivity contribution is 5.39. The van der Waals surface area contributed by atoms with Crippen LogP contribution in [0.25, 0.3) is 0 Å². The van der Waals surface area contributed by atoms with Crippen LogP contribution in [0.3, 0.4) is 0 Å². The van der Waals surface area contributed by atoms with E-state index < -0.39 is 0 Å². The molecule has 94 valence electrons. The van der Waals surface area contributed by atoms with Crippen LogP contribution < -0.4 is 10.1 Å². The van der Waals surface area contributed by atoms with Crippen molar-refractivity contribution < 1.29 is 9.84 Å². The highest BCUT2D eigenvalue weighted by Crippen LogP contribution is 2.20. The normalized spacial score (nSPS) is 10.1. The van der Waals surface area contributed by atoms with E-state index in [2.05, 4.69) is 15.5 Å². The van der Waals surface area contributed by atoms with Crippen molar-refractivity contribution >= 4 is 5.69 Å². The second-order valence-electron chi connectivity index (χ2n) is 3.91. The van der Waals surface area contributed by atoms with Crippen LogP contribution in [-0.2, 0) is 0 Å². The fraction of sp³-hybridized carbons (Fsp3) is 0.231. The molecule has 0 saturated heterocycles. The van der Waals surface area contributed by atoms with Gasteiger partial charge in [-0.25, -0.2) is 0 Å². The lowest BCUT2D eigenvalue weighted by Gasteiger charge is -2.09. The Morgan fingerprint density at radius 3 is 2.89 bits per heavy atom. The number of hydrogen-bond acceptors (Lipinski definition) is 5. The molecule has 0 spiro atoms. The van der Waals surface area contributed by atoms with Crippen LogP contribution in [-0.4, -0.2) is 28.5 Å². The number of anilines is 1. The van der Waals surface area contributed by atoms with Crippen molar-refractivity contribution in [3.8, 4) is 11.5 Å². The Bertz CT molecular complexity index is 483. The Kier molecular flexibility index (Phi) is 3.96. The molecule has 0 saturated carbocycles. The number of ether oxygens (including phenoxy) is 1. The second kappa shape index (κ2) is 5.86. The maximum absolute atomic E-state index is 9.42. The van der Waals surface area contributed by atoms with E-state index in [1.165, 1.54) is 0 Å². The van der Waals surface area contributed by atoms with Crippen molar-refractivity contribution in [2.75, 3.05) is 18.5 Å². The minimum atomic E-state index is 0.219. The molecule has 1 heterocycles. The molecule has 0 aliphatic rings. The topological polar surface area (TPSA) is 67.3 Å². The van der Waals surface area contributed by atoms with Gasteiger partial charge >= 0.3 is 0 Å². The molecule has 1 aromatic carbocycles. The number of benzene rings is 1. The highest BCUT2D eigenvalue weighted by atomic mass is 16.5. The number of phenolic OH excluding ortho intramolecular Hbond substituents is 1. The van der Waals surface area contributed by atoms with Gasteiger partial charge in [-0.15, -0.1) is 0 Å². The Labute approximate surface area is 105 Å². The van der Waals surface area contributed by atoms with Gasteiger partial charge in [-0.1, -0.05) is 0 Å². The summed E-state index contributed by atoms with van der Waals surface area (Å²) in [5, 5.41) is 20.0. The number of nitrogens with one attached hydrogen (secondary N) is 1. The number of aromatic hydroxyl groups is 1. The largest absolute Gasteiger partial charge is 0.508 e. The van der Waals surface area contributed by atoms with Gasteiger partial charge < -0.3 is 15.2 Å². The molecule has 0 aliphatic carbocycles. The molecule has 0 fully saturated rings. The van der Waals surface area contributed by atoms with Crippen LogP contribution in [0.5, 0.6) is 11.5 Å². The summed E-state index contributed by atoms with van der Waals surface area (Å²) < 4.78 is 5.53. The lowest BCUT2D eigenvalue weighted by atomic mass is 10.2. The molecule has 0 bridgehead atoms. The molecule has 0 radical (unpaired) electrons.